The fraction of sp³-hybridized carbons (Fsp3) is 0.778. The minimum Gasteiger partial charge on any atom is -0.134 e. The van der Waals surface area contributed by atoms with Crippen LogP contribution in [0.3, 0.4) is 0 Å². The van der Waals surface area contributed by atoms with Crippen molar-refractivity contribution < 1.29 is 0 Å². The van der Waals surface area contributed by atoms with Gasteiger partial charge in [-0.2, -0.15) is 0 Å². The highest BCUT2D eigenvalue weighted by atomic mass is 32.2. The minimum absolute atomic E-state index is 0.555. The first-order valence-electron chi connectivity index (χ1n) is 3.92. The van der Waals surface area contributed by atoms with E-state index in [0.29, 0.717) is 5.41 Å². The molecule has 0 radical (unpaired) electrons. The van der Waals surface area contributed by atoms with Gasteiger partial charge in [-0.05, 0) is 23.2 Å². The summed E-state index contributed by atoms with van der Waals surface area (Å²) < 4.78 is 0. The van der Waals surface area contributed by atoms with Gasteiger partial charge in [0.05, 0.1) is 0 Å². The summed E-state index contributed by atoms with van der Waals surface area (Å²) in [5.74, 6) is 2.10. The van der Waals surface area contributed by atoms with Crippen molar-refractivity contribution in [3.8, 4) is 0 Å². The molecule has 1 unspecified atom stereocenters. The van der Waals surface area contributed by atoms with Gasteiger partial charge in [0.1, 0.15) is 0 Å². The maximum atomic E-state index is 2.38. The van der Waals surface area contributed by atoms with E-state index in [-0.39, 0.29) is 0 Å². The molecule has 0 aromatic rings. The lowest BCUT2D eigenvalue weighted by Gasteiger charge is -2.34. The Balaban J connectivity index is 2.59. The summed E-state index contributed by atoms with van der Waals surface area (Å²) in [5.41, 5.74) is 0.555. The van der Waals surface area contributed by atoms with Crippen LogP contribution in [0.15, 0.2) is 11.5 Å². The Labute approximate surface area is 68.1 Å². The van der Waals surface area contributed by atoms with Crippen LogP contribution in [0.4, 0.5) is 0 Å². The third-order valence-corrected chi connectivity index (χ3v) is 3.79. The molecule has 0 N–H and O–H groups in total. The lowest BCUT2D eigenvalue weighted by Crippen LogP contribution is -2.26. The summed E-state index contributed by atoms with van der Waals surface area (Å²) in [6.07, 6.45) is 3.56. The van der Waals surface area contributed by atoms with Gasteiger partial charge in [0.2, 0.25) is 0 Å². The molecule has 1 rings (SSSR count). The predicted molar refractivity (Wildman–Crippen MR) is 49.2 cm³/mol. The number of hydrogen-bond acceptors (Lipinski definition) is 1. The normalized spacial score (nSPS) is 33.2. The van der Waals surface area contributed by atoms with Gasteiger partial charge in [-0.1, -0.05) is 26.8 Å². The summed E-state index contributed by atoms with van der Waals surface area (Å²) in [4.78, 5) is 0. The van der Waals surface area contributed by atoms with Gasteiger partial charge < -0.3 is 0 Å². The Morgan fingerprint density at radius 2 is 2.20 bits per heavy atom. The maximum absolute atomic E-state index is 2.38. The summed E-state index contributed by atoms with van der Waals surface area (Å²) in [6.45, 7) is 7.02. The molecule has 0 nitrogen and oxygen atoms in total. The average molecular weight is 156 g/mol. The third kappa shape index (κ3) is 1.57. The molecule has 1 atom stereocenters. The van der Waals surface area contributed by atoms with E-state index in [4.69, 9.17) is 0 Å². The Morgan fingerprint density at radius 1 is 1.50 bits per heavy atom. The standard InChI is InChI=1S/C9H16S/c1-8(2)9(3)5-4-6-10-7-9/h4,6,8H,5,7H2,1-3H3. The molecular formula is C9H16S. The summed E-state index contributed by atoms with van der Waals surface area (Å²) in [7, 11) is 0. The van der Waals surface area contributed by atoms with Crippen molar-refractivity contribution in [2.75, 3.05) is 5.75 Å². The second kappa shape index (κ2) is 3.00. The number of hydrogen-bond donors (Lipinski definition) is 0. The van der Waals surface area contributed by atoms with Gasteiger partial charge in [0, 0.05) is 5.75 Å². The van der Waals surface area contributed by atoms with Crippen molar-refractivity contribution in [1.82, 2.24) is 0 Å². The second-order valence-corrected chi connectivity index (χ2v) is 4.59. The van der Waals surface area contributed by atoms with Crippen LogP contribution in [0, 0.1) is 11.3 Å². The van der Waals surface area contributed by atoms with E-state index < -0.39 is 0 Å². The first-order chi connectivity index (χ1) is 4.65. The zero-order chi connectivity index (χ0) is 7.61. The Bertz CT molecular complexity index is 138. The van der Waals surface area contributed by atoms with Gasteiger partial charge in [-0.25, -0.2) is 0 Å². The van der Waals surface area contributed by atoms with E-state index in [0.717, 1.165) is 5.92 Å². The van der Waals surface area contributed by atoms with E-state index in [9.17, 15) is 0 Å². The molecule has 1 heteroatoms. The largest absolute Gasteiger partial charge is 0.134 e. The van der Waals surface area contributed by atoms with Crippen LogP contribution in [-0.2, 0) is 0 Å². The van der Waals surface area contributed by atoms with E-state index in [2.05, 4.69) is 32.3 Å². The molecule has 10 heavy (non-hydrogen) atoms. The van der Waals surface area contributed by atoms with E-state index in [1.54, 1.807) is 0 Å². The molecule has 0 bridgehead atoms. The first-order valence-corrected chi connectivity index (χ1v) is 4.97. The Kier molecular flexibility index (Phi) is 2.45. The SMILES string of the molecule is CC(C)C1(C)CC=CSC1. The van der Waals surface area contributed by atoms with E-state index in [1.807, 2.05) is 11.8 Å². The zero-order valence-electron chi connectivity index (χ0n) is 7.05. The summed E-state index contributed by atoms with van der Waals surface area (Å²) in [6, 6.07) is 0. The van der Waals surface area contributed by atoms with Crippen molar-refractivity contribution >= 4 is 11.8 Å². The van der Waals surface area contributed by atoms with Crippen LogP contribution in [0.2, 0.25) is 0 Å². The molecule has 1 aliphatic rings. The topological polar surface area (TPSA) is 0 Å². The van der Waals surface area contributed by atoms with Crippen LogP contribution < -0.4 is 0 Å². The summed E-state index contributed by atoms with van der Waals surface area (Å²) in [5, 5.41) is 2.23. The van der Waals surface area contributed by atoms with Crippen LogP contribution >= 0.6 is 11.8 Å². The van der Waals surface area contributed by atoms with Crippen LogP contribution in [-0.4, -0.2) is 5.75 Å². The highest BCUT2D eigenvalue weighted by Crippen LogP contribution is 2.38. The Hall–Kier alpha value is 0.0900. The zero-order valence-corrected chi connectivity index (χ0v) is 7.87. The maximum Gasteiger partial charge on any atom is 0.00334 e. The molecule has 0 aromatic carbocycles. The fourth-order valence-corrected chi connectivity index (χ4v) is 2.25. The molecule has 0 saturated carbocycles. The molecule has 1 aliphatic heterocycles. The van der Waals surface area contributed by atoms with Gasteiger partial charge in [0.25, 0.3) is 0 Å². The van der Waals surface area contributed by atoms with Gasteiger partial charge in [-0.3, -0.25) is 0 Å². The lowest BCUT2D eigenvalue weighted by molar-refractivity contribution is 0.260. The summed E-state index contributed by atoms with van der Waals surface area (Å²) >= 11 is 1.95. The first kappa shape index (κ1) is 8.19. The molecule has 0 spiro atoms. The quantitative estimate of drug-likeness (QED) is 0.561. The van der Waals surface area contributed by atoms with Gasteiger partial charge in [-0.15, -0.1) is 11.8 Å². The Morgan fingerprint density at radius 3 is 2.50 bits per heavy atom. The highest BCUT2D eigenvalue weighted by Gasteiger charge is 2.28. The molecule has 0 fully saturated rings. The van der Waals surface area contributed by atoms with Crippen LogP contribution in [0.5, 0.6) is 0 Å². The van der Waals surface area contributed by atoms with Crippen LogP contribution in [0.25, 0.3) is 0 Å². The van der Waals surface area contributed by atoms with Crippen LogP contribution in [0.1, 0.15) is 27.2 Å². The van der Waals surface area contributed by atoms with Crippen molar-refractivity contribution in [2.24, 2.45) is 11.3 Å². The molecule has 0 saturated heterocycles. The van der Waals surface area contributed by atoms with Crippen molar-refractivity contribution in [3.63, 3.8) is 0 Å². The number of thioether (sulfide) groups is 1. The molecule has 0 amide bonds. The molecule has 1 heterocycles. The monoisotopic (exact) mass is 156 g/mol. The van der Waals surface area contributed by atoms with Gasteiger partial charge >= 0.3 is 0 Å². The molecule has 0 aliphatic carbocycles. The van der Waals surface area contributed by atoms with Gasteiger partial charge in [0.15, 0.2) is 0 Å². The number of allylic oxidation sites excluding steroid dienone is 1. The lowest BCUT2D eigenvalue weighted by atomic mass is 9.78. The fourth-order valence-electron chi connectivity index (χ4n) is 1.09. The second-order valence-electron chi connectivity index (χ2n) is 3.70. The molecule has 58 valence electrons. The average Bonchev–Trinajstić information content (AvgIpc) is 1.89. The van der Waals surface area contributed by atoms with E-state index in [1.165, 1.54) is 12.2 Å². The molecular weight excluding hydrogens is 140 g/mol. The van der Waals surface area contributed by atoms with E-state index >= 15 is 0 Å². The van der Waals surface area contributed by atoms with Crippen molar-refractivity contribution in [3.05, 3.63) is 11.5 Å². The molecule has 0 aromatic heterocycles. The van der Waals surface area contributed by atoms with Crippen molar-refractivity contribution in [2.45, 2.75) is 27.2 Å². The minimum atomic E-state index is 0.555. The highest BCUT2D eigenvalue weighted by molar-refractivity contribution is 8.02. The van der Waals surface area contributed by atoms with Crippen molar-refractivity contribution in [1.29, 1.82) is 0 Å². The smallest absolute Gasteiger partial charge is 0.00334 e. The third-order valence-electron chi connectivity index (χ3n) is 2.58. The number of rotatable bonds is 1. The predicted octanol–water partition coefficient (Wildman–Crippen LogP) is 3.30.